The molecule has 2 amide bonds. The van der Waals surface area contributed by atoms with Crippen molar-refractivity contribution in [2.45, 2.75) is 19.3 Å². The van der Waals surface area contributed by atoms with Gasteiger partial charge in [0.15, 0.2) is 6.61 Å². The summed E-state index contributed by atoms with van der Waals surface area (Å²) in [5, 5.41) is 2.18. The SMILES string of the molecule is O=C(COC(=O)C[C@@H]1C=CCC1)NC(=O)c1ccccc1. The molecular weight excluding hydrogens is 270 g/mol. The van der Waals surface area contributed by atoms with Crippen LogP contribution in [0, 0.1) is 5.92 Å². The summed E-state index contributed by atoms with van der Waals surface area (Å²) < 4.78 is 4.87. The average molecular weight is 287 g/mol. The van der Waals surface area contributed by atoms with Crippen molar-refractivity contribution >= 4 is 17.8 Å². The third-order valence-electron chi connectivity index (χ3n) is 3.19. The molecule has 1 aliphatic rings. The number of carbonyl (C=O) groups is 3. The normalized spacial score (nSPS) is 16.5. The maximum absolute atomic E-state index is 11.7. The molecule has 0 aliphatic heterocycles. The summed E-state index contributed by atoms with van der Waals surface area (Å²) in [5.41, 5.74) is 0.383. The molecule has 1 aliphatic carbocycles. The number of nitrogens with one attached hydrogen (secondary N) is 1. The van der Waals surface area contributed by atoms with E-state index in [-0.39, 0.29) is 12.3 Å². The van der Waals surface area contributed by atoms with Gasteiger partial charge in [0.2, 0.25) is 0 Å². The number of benzene rings is 1. The monoisotopic (exact) mass is 287 g/mol. The minimum Gasteiger partial charge on any atom is -0.456 e. The van der Waals surface area contributed by atoms with E-state index in [1.54, 1.807) is 30.3 Å². The van der Waals surface area contributed by atoms with Crippen LogP contribution in [-0.4, -0.2) is 24.4 Å². The van der Waals surface area contributed by atoms with Crippen LogP contribution in [0.15, 0.2) is 42.5 Å². The number of ether oxygens (including phenoxy) is 1. The summed E-state index contributed by atoms with van der Waals surface area (Å²) in [5.74, 6) is -1.35. The highest BCUT2D eigenvalue weighted by molar-refractivity contribution is 6.05. The Morgan fingerprint density at radius 1 is 1.19 bits per heavy atom. The Balaban J connectivity index is 1.70. The van der Waals surface area contributed by atoms with E-state index >= 15 is 0 Å². The smallest absolute Gasteiger partial charge is 0.306 e. The quantitative estimate of drug-likeness (QED) is 0.662. The van der Waals surface area contributed by atoms with Gasteiger partial charge in [-0.2, -0.15) is 0 Å². The van der Waals surface area contributed by atoms with E-state index in [0.29, 0.717) is 5.56 Å². The summed E-state index contributed by atoms with van der Waals surface area (Å²) in [6.07, 6.45) is 6.21. The third kappa shape index (κ3) is 4.87. The molecule has 0 aromatic heterocycles. The average Bonchev–Trinajstić information content (AvgIpc) is 2.99. The van der Waals surface area contributed by atoms with E-state index in [2.05, 4.69) is 5.32 Å². The fraction of sp³-hybridized carbons (Fsp3) is 0.312. The highest BCUT2D eigenvalue weighted by Gasteiger charge is 2.17. The van der Waals surface area contributed by atoms with Crippen LogP contribution in [0.3, 0.4) is 0 Å². The van der Waals surface area contributed by atoms with Crippen LogP contribution < -0.4 is 5.32 Å². The highest BCUT2D eigenvalue weighted by atomic mass is 16.5. The summed E-state index contributed by atoms with van der Waals surface area (Å²) in [4.78, 5) is 34.8. The number of esters is 1. The van der Waals surface area contributed by atoms with Crippen molar-refractivity contribution in [3.8, 4) is 0 Å². The molecule has 1 aromatic rings. The first kappa shape index (κ1) is 15.0. The van der Waals surface area contributed by atoms with Gasteiger partial charge in [-0.25, -0.2) is 0 Å². The molecule has 0 saturated heterocycles. The molecule has 21 heavy (non-hydrogen) atoms. The van der Waals surface area contributed by atoms with Crippen LogP contribution in [0.2, 0.25) is 0 Å². The Morgan fingerprint density at radius 3 is 2.62 bits per heavy atom. The van der Waals surface area contributed by atoms with E-state index in [4.69, 9.17) is 4.74 Å². The lowest BCUT2D eigenvalue weighted by Crippen LogP contribution is -2.34. The maximum Gasteiger partial charge on any atom is 0.306 e. The van der Waals surface area contributed by atoms with Gasteiger partial charge in [-0.3, -0.25) is 19.7 Å². The molecule has 0 unspecified atom stereocenters. The summed E-state index contributed by atoms with van der Waals surface area (Å²) in [7, 11) is 0. The first-order valence-corrected chi connectivity index (χ1v) is 6.86. The maximum atomic E-state index is 11.7. The van der Waals surface area contributed by atoms with Crippen LogP contribution in [0.5, 0.6) is 0 Å². The predicted molar refractivity (Wildman–Crippen MR) is 76.4 cm³/mol. The second-order valence-electron chi connectivity index (χ2n) is 4.87. The largest absolute Gasteiger partial charge is 0.456 e. The molecule has 1 aromatic carbocycles. The van der Waals surface area contributed by atoms with Gasteiger partial charge in [0.05, 0.1) is 6.42 Å². The minimum atomic E-state index is -0.626. The van der Waals surface area contributed by atoms with Crippen LogP contribution in [0.1, 0.15) is 29.6 Å². The molecule has 1 N–H and O–H groups in total. The molecule has 5 heteroatoms. The first-order chi connectivity index (χ1) is 10.1. The standard InChI is InChI=1S/C16H17NO4/c18-14(17-16(20)13-8-2-1-3-9-13)11-21-15(19)10-12-6-4-5-7-12/h1-4,6,8-9,12H,5,7,10-11H2,(H,17,18,20)/t12-/m1/s1. The van der Waals surface area contributed by atoms with Gasteiger partial charge < -0.3 is 4.74 Å². The van der Waals surface area contributed by atoms with Crippen molar-refractivity contribution in [3.63, 3.8) is 0 Å². The molecule has 5 nitrogen and oxygen atoms in total. The van der Waals surface area contributed by atoms with Gasteiger partial charge in [-0.05, 0) is 30.9 Å². The van der Waals surface area contributed by atoms with E-state index < -0.39 is 24.4 Å². The number of carbonyl (C=O) groups excluding carboxylic acids is 3. The highest BCUT2D eigenvalue weighted by Crippen LogP contribution is 2.20. The number of hydrogen-bond acceptors (Lipinski definition) is 4. The summed E-state index contributed by atoms with van der Waals surface area (Å²) in [6.45, 7) is -0.437. The summed E-state index contributed by atoms with van der Waals surface area (Å²) >= 11 is 0. The summed E-state index contributed by atoms with van der Waals surface area (Å²) in [6, 6.07) is 8.38. The van der Waals surface area contributed by atoms with Crippen molar-refractivity contribution in [1.29, 1.82) is 0 Å². The van der Waals surface area contributed by atoms with Crippen molar-refractivity contribution in [2.24, 2.45) is 5.92 Å². The lowest BCUT2D eigenvalue weighted by Gasteiger charge is -2.08. The molecular formula is C16H17NO4. The number of imide groups is 1. The van der Waals surface area contributed by atoms with Crippen LogP contribution in [0.25, 0.3) is 0 Å². The van der Waals surface area contributed by atoms with E-state index in [0.717, 1.165) is 12.8 Å². The van der Waals surface area contributed by atoms with Crippen LogP contribution >= 0.6 is 0 Å². The van der Waals surface area contributed by atoms with Gasteiger partial charge in [0, 0.05) is 5.56 Å². The number of hydrogen-bond donors (Lipinski definition) is 1. The minimum absolute atomic E-state index is 0.200. The van der Waals surface area contributed by atoms with Crippen LogP contribution in [0.4, 0.5) is 0 Å². The Morgan fingerprint density at radius 2 is 1.95 bits per heavy atom. The lowest BCUT2D eigenvalue weighted by atomic mass is 10.1. The molecule has 0 saturated carbocycles. The Labute approximate surface area is 123 Å². The fourth-order valence-corrected chi connectivity index (χ4v) is 2.11. The topological polar surface area (TPSA) is 72.5 Å². The number of allylic oxidation sites excluding steroid dienone is 2. The number of rotatable bonds is 5. The Hall–Kier alpha value is -2.43. The molecule has 2 rings (SSSR count). The fourth-order valence-electron chi connectivity index (χ4n) is 2.11. The molecule has 110 valence electrons. The van der Waals surface area contributed by atoms with E-state index in [1.165, 1.54) is 0 Å². The van der Waals surface area contributed by atoms with E-state index in [9.17, 15) is 14.4 Å². The number of amides is 2. The third-order valence-corrected chi connectivity index (χ3v) is 3.19. The Kier molecular flexibility index (Phi) is 5.26. The zero-order valence-electron chi connectivity index (χ0n) is 11.6. The van der Waals surface area contributed by atoms with Gasteiger partial charge in [-0.1, -0.05) is 30.4 Å². The second-order valence-corrected chi connectivity index (χ2v) is 4.87. The van der Waals surface area contributed by atoms with Crippen molar-refractivity contribution in [1.82, 2.24) is 5.32 Å². The van der Waals surface area contributed by atoms with Crippen molar-refractivity contribution in [3.05, 3.63) is 48.0 Å². The molecule has 0 bridgehead atoms. The molecule has 0 fully saturated rings. The lowest BCUT2D eigenvalue weighted by molar-refractivity contribution is -0.148. The molecule has 0 spiro atoms. The van der Waals surface area contributed by atoms with Gasteiger partial charge in [0.1, 0.15) is 0 Å². The van der Waals surface area contributed by atoms with Gasteiger partial charge in [0.25, 0.3) is 11.8 Å². The van der Waals surface area contributed by atoms with Crippen LogP contribution in [-0.2, 0) is 14.3 Å². The Bertz CT molecular complexity index is 551. The second kappa shape index (κ2) is 7.38. The zero-order valence-corrected chi connectivity index (χ0v) is 11.6. The predicted octanol–water partition coefficient (Wildman–Crippen LogP) is 1.84. The van der Waals surface area contributed by atoms with Crippen molar-refractivity contribution < 1.29 is 19.1 Å². The molecule has 1 atom stereocenters. The van der Waals surface area contributed by atoms with E-state index in [1.807, 2.05) is 12.2 Å². The zero-order chi connectivity index (χ0) is 15.1. The van der Waals surface area contributed by atoms with Gasteiger partial charge in [-0.15, -0.1) is 0 Å². The first-order valence-electron chi connectivity index (χ1n) is 6.86. The van der Waals surface area contributed by atoms with Crippen molar-refractivity contribution in [2.75, 3.05) is 6.61 Å². The molecule has 0 radical (unpaired) electrons. The van der Waals surface area contributed by atoms with Gasteiger partial charge >= 0.3 is 5.97 Å². The molecule has 0 heterocycles.